The second-order valence-electron chi connectivity index (χ2n) is 6.49. The van der Waals surface area contributed by atoms with Crippen molar-refractivity contribution in [2.45, 2.75) is 64.3 Å². The van der Waals surface area contributed by atoms with Crippen LogP contribution < -0.4 is 5.73 Å². The van der Waals surface area contributed by atoms with E-state index in [0.717, 1.165) is 5.92 Å². The van der Waals surface area contributed by atoms with Crippen molar-refractivity contribution in [1.29, 1.82) is 0 Å². The van der Waals surface area contributed by atoms with Crippen LogP contribution in [0, 0.1) is 5.92 Å². The van der Waals surface area contributed by atoms with Crippen molar-refractivity contribution in [2.75, 3.05) is 0 Å². The van der Waals surface area contributed by atoms with Crippen molar-refractivity contribution in [3.05, 3.63) is 46.5 Å². The van der Waals surface area contributed by atoms with E-state index in [2.05, 4.69) is 24.3 Å². The van der Waals surface area contributed by atoms with Gasteiger partial charge >= 0.3 is 0 Å². The van der Waals surface area contributed by atoms with Crippen LogP contribution >= 0.6 is 0 Å². The van der Waals surface area contributed by atoms with E-state index in [1.807, 2.05) is 11.1 Å². The molecule has 1 atom stereocenters. The highest BCUT2D eigenvalue weighted by molar-refractivity contribution is 5.26. The molecule has 2 aliphatic carbocycles. The van der Waals surface area contributed by atoms with Crippen LogP contribution in [0.25, 0.3) is 0 Å². The van der Waals surface area contributed by atoms with Gasteiger partial charge in [0.05, 0.1) is 0 Å². The Morgan fingerprint density at radius 2 is 1.85 bits per heavy atom. The maximum atomic E-state index is 5.74. The topological polar surface area (TPSA) is 26.0 Å². The lowest BCUT2D eigenvalue weighted by Crippen LogP contribution is -2.16. The minimum Gasteiger partial charge on any atom is -0.326 e. The summed E-state index contributed by atoms with van der Waals surface area (Å²) in [6, 6.07) is 8.84. The predicted octanol–water partition coefficient (Wildman–Crippen LogP) is 4.75. The Bertz CT molecular complexity index is 480. The van der Waals surface area contributed by atoms with Crippen molar-refractivity contribution in [3.63, 3.8) is 0 Å². The van der Waals surface area contributed by atoms with Gasteiger partial charge in [-0.15, -0.1) is 0 Å². The van der Waals surface area contributed by atoms with Crippen LogP contribution in [-0.4, -0.2) is 0 Å². The quantitative estimate of drug-likeness (QED) is 0.784. The fourth-order valence-corrected chi connectivity index (χ4v) is 3.80. The summed E-state index contributed by atoms with van der Waals surface area (Å²) in [4.78, 5) is 0. The predicted molar refractivity (Wildman–Crippen MR) is 85.5 cm³/mol. The summed E-state index contributed by atoms with van der Waals surface area (Å²) in [5, 5.41) is 0. The molecule has 1 nitrogen and oxygen atoms in total. The van der Waals surface area contributed by atoms with Crippen LogP contribution in [0.1, 0.15) is 62.5 Å². The standard InChI is InChI=1S/C19H27N/c20-14-16-6-3-5-15(13-16)11-12-18-7-1-2-10-19(18)17-8-4-9-17/h3,5-6,13,18H,1-2,4,7-12,14,20H2. The summed E-state index contributed by atoms with van der Waals surface area (Å²) in [6.07, 6.45) is 12.5. The van der Waals surface area contributed by atoms with Gasteiger partial charge in [0.2, 0.25) is 0 Å². The van der Waals surface area contributed by atoms with Crippen molar-refractivity contribution in [1.82, 2.24) is 0 Å². The van der Waals surface area contributed by atoms with Crippen molar-refractivity contribution in [3.8, 4) is 0 Å². The van der Waals surface area contributed by atoms with Gasteiger partial charge in [0.25, 0.3) is 0 Å². The summed E-state index contributed by atoms with van der Waals surface area (Å²) in [5.41, 5.74) is 12.2. The van der Waals surface area contributed by atoms with Gasteiger partial charge in [-0.1, -0.05) is 41.8 Å². The van der Waals surface area contributed by atoms with Gasteiger partial charge in [0, 0.05) is 6.54 Å². The second kappa shape index (κ2) is 6.58. The maximum Gasteiger partial charge on any atom is 0.0178 e. The Labute approximate surface area is 123 Å². The molecule has 0 radical (unpaired) electrons. The first-order valence-electron chi connectivity index (χ1n) is 8.35. The molecule has 0 heterocycles. The first-order chi connectivity index (χ1) is 9.86. The Morgan fingerprint density at radius 1 is 1.00 bits per heavy atom. The normalized spacial score (nSPS) is 22.8. The molecule has 0 spiro atoms. The summed E-state index contributed by atoms with van der Waals surface area (Å²) < 4.78 is 0. The van der Waals surface area contributed by atoms with Crippen LogP contribution in [0.15, 0.2) is 35.4 Å². The average Bonchev–Trinajstić information content (AvgIpc) is 2.45. The molecule has 1 heteroatoms. The fraction of sp³-hybridized carbons (Fsp3) is 0.579. The van der Waals surface area contributed by atoms with Crippen molar-refractivity contribution in [2.24, 2.45) is 11.7 Å². The Hall–Kier alpha value is -1.08. The Balaban J connectivity index is 1.64. The second-order valence-corrected chi connectivity index (χ2v) is 6.49. The lowest BCUT2D eigenvalue weighted by atomic mass is 9.74. The van der Waals surface area contributed by atoms with Crippen LogP contribution in [0.5, 0.6) is 0 Å². The molecule has 2 fully saturated rings. The number of allylic oxidation sites excluding steroid dienone is 2. The van der Waals surface area contributed by atoms with E-state index in [4.69, 9.17) is 5.73 Å². The molecular formula is C19H27N. The Morgan fingerprint density at radius 3 is 2.60 bits per heavy atom. The van der Waals surface area contributed by atoms with E-state index in [1.54, 1.807) is 0 Å². The smallest absolute Gasteiger partial charge is 0.0178 e. The van der Waals surface area contributed by atoms with Crippen molar-refractivity contribution >= 4 is 0 Å². The molecule has 3 rings (SSSR count). The molecule has 1 aromatic rings. The molecule has 0 amide bonds. The van der Waals surface area contributed by atoms with Crippen LogP contribution in [0.4, 0.5) is 0 Å². The van der Waals surface area contributed by atoms with Crippen LogP contribution in [0.2, 0.25) is 0 Å². The molecule has 0 aromatic heterocycles. The third-order valence-electron chi connectivity index (χ3n) is 5.16. The highest BCUT2D eigenvalue weighted by atomic mass is 14.5. The third kappa shape index (κ3) is 3.15. The maximum absolute atomic E-state index is 5.74. The zero-order chi connectivity index (χ0) is 13.8. The highest BCUT2D eigenvalue weighted by Crippen LogP contribution is 2.40. The van der Waals surface area contributed by atoms with Crippen LogP contribution in [-0.2, 0) is 13.0 Å². The molecule has 0 saturated heterocycles. The summed E-state index contributed by atoms with van der Waals surface area (Å²) in [6.45, 7) is 0.659. The molecule has 1 unspecified atom stereocenters. The minimum atomic E-state index is 0.659. The number of hydrogen-bond donors (Lipinski definition) is 1. The van der Waals surface area contributed by atoms with Gasteiger partial charge < -0.3 is 5.73 Å². The van der Waals surface area contributed by atoms with Gasteiger partial charge in [-0.25, -0.2) is 0 Å². The van der Waals surface area contributed by atoms with E-state index in [9.17, 15) is 0 Å². The summed E-state index contributed by atoms with van der Waals surface area (Å²) in [7, 11) is 0. The molecule has 0 bridgehead atoms. The number of rotatable bonds is 4. The van der Waals surface area contributed by atoms with Gasteiger partial charge in [-0.2, -0.15) is 0 Å². The first kappa shape index (κ1) is 13.9. The number of aryl methyl sites for hydroxylation is 1. The van der Waals surface area contributed by atoms with Gasteiger partial charge in [-0.3, -0.25) is 0 Å². The monoisotopic (exact) mass is 269 g/mol. The van der Waals surface area contributed by atoms with E-state index >= 15 is 0 Å². The number of benzene rings is 1. The lowest BCUT2D eigenvalue weighted by molar-refractivity contribution is 0.413. The number of hydrogen-bond acceptors (Lipinski definition) is 1. The molecule has 2 saturated carbocycles. The fourth-order valence-electron chi connectivity index (χ4n) is 3.80. The highest BCUT2D eigenvalue weighted by Gasteiger charge is 2.24. The van der Waals surface area contributed by atoms with E-state index in [1.165, 1.54) is 68.9 Å². The zero-order valence-corrected chi connectivity index (χ0v) is 12.5. The van der Waals surface area contributed by atoms with Crippen LogP contribution in [0.3, 0.4) is 0 Å². The molecule has 1 aromatic carbocycles. The molecule has 2 aliphatic rings. The van der Waals surface area contributed by atoms with E-state index < -0.39 is 0 Å². The van der Waals surface area contributed by atoms with Crippen molar-refractivity contribution < 1.29 is 0 Å². The van der Waals surface area contributed by atoms with Gasteiger partial charge in [0.15, 0.2) is 0 Å². The van der Waals surface area contributed by atoms with E-state index in [0.29, 0.717) is 6.54 Å². The largest absolute Gasteiger partial charge is 0.326 e. The van der Waals surface area contributed by atoms with Gasteiger partial charge in [-0.05, 0) is 68.4 Å². The van der Waals surface area contributed by atoms with E-state index in [-0.39, 0.29) is 0 Å². The summed E-state index contributed by atoms with van der Waals surface area (Å²) in [5.74, 6) is 0.876. The number of nitrogens with two attached hydrogens (primary N) is 1. The molecular weight excluding hydrogens is 242 g/mol. The Kier molecular flexibility index (Phi) is 4.57. The molecule has 20 heavy (non-hydrogen) atoms. The molecule has 108 valence electrons. The molecule has 2 N–H and O–H groups in total. The molecule has 0 aliphatic heterocycles. The van der Waals surface area contributed by atoms with Gasteiger partial charge in [0.1, 0.15) is 0 Å². The first-order valence-corrected chi connectivity index (χ1v) is 8.35. The zero-order valence-electron chi connectivity index (χ0n) is 12.5. The summed E-state index contributed by atoms with van der Waals surface area (Å²) >= 11 is 0. The average molecular weight is 269 g/mol. The third-order valence-corrected chi connectivity index (χ3v) is 5.16. The minimum absolute atomic E-state index is 0.659. The lowest BCUT2D eigenvalue weighted by Gasteiger charge is -2.32. The SMILES string of the molecule is NCc1cccc(CCC2CCCCC2=C2CCC2)c1.